The van der Waals surface area contributed by atoms with Crippen molar-refractivity contribution < 1.29 is 9.53 Å². The number of anilines is 1. The van der Waals surface area contributed by atoms with Gasteiger partial charge in [-0.3, -0.25) is 5.32 Å². The minimum atomic E-state index is -0.766. The van der Waals surface area contributed by atoms with Crippen molar-refractivity contribution in [3.05, 3.63) is 65.7 Å². The number of imidazole rings is 1. The number of hydrogen-bond acceptors (Lipinski definition) is 7. The minimum Gasteiger partial charge on any atom is -0.390 e. The molecule has 1 amide bonds. The number of ether oxygens (including phenoxy) is 1. The summed E-state index contributed by atoms with van der Waals surface area (Å²) in [6.07, 6.45) is 5.15. The third-order valence-corrected chi connectivity index (χ3v) is 5.60. The average Bonchev–Trinajstić information content (AvgIpc) is 3.59. The summed E-state index contributed by atoms with van der Waals surface area (Å²) in [5, 5.41) is 20.7. The van der Waals surface area contributed by atoms with E-state index in [9.17, 15) is 4.79 Å². The van der Waals surface area contributed by atoms with E-state index in [1.807, 2.05) is 30.3 Å². The fourth-order valence-electron chi connectivity index (χ4n) is 3.86. The van der Waals surface area contributed by atoms with E-state index in [-0.39, 0.29) is 11.7 Å². The Balaban J connectivity index is 1.55. The Hall–Kier alpha value is -4.76. The number of nitriles is 2. The molecule has 3 heterocycles. The third kappa shape index (κ3) is 4.41. The molecule has 2 N–H and O–H groups in total. The van der Waals surface area contributed by atoms with Gasteiger partial charge in [-0.1, -0.05) is 6.07 Å². The molecular weight excluding hydrogens is 430 g/mol. The summed E-state index contributed by atoms with van der Waals surface area (Å²) in [4.78, 5) is 28.9. The lowest BCUT2D eigenvalue weighted by Crippen LogP contribution is -2.19. The fraction of sp³-hybridized carbons (Fsp3) is 0.200. The first-order valence-corrected chi connectivity index (χ1v) is 10.8. The van der Waals surface area contributed by atoms with Crippen LogP contribution in [0.15, 0.2) is 48.9 Å². The van der Waals surface area contributed by atoms with Crippen molar-refractivity contribution in [2.24, 2.45) is 0 Å². The zero-order valence-corrected chi connectivity index (χ0v) is 18.1. The zero-order valence-electron chi connectivity index (χ0n) is 18.1. The molecule has 1 saturated carbocycles. The molecule has 0 aliphatic heterocycles. The smallest absolute Gasteiger partial charge is 0.390 e. The zero-order chi connectivity index (χ0) is 23.5. The molecule has 4 aromatic rings. The van der Waals surface area contributed by atoms with E-state index in [0.29, 0.717) is 30.0 Å². The summed E-state index contributed by atoms with van der Waals surface area (Å²) in [5.41, 5.74) is 5.40. The second-order valence-electron chi connectivity index (χ2n) is 8.01. The van der Waals surface area contributed by atoms with E-state index in [0.717, 1.165) is 40.6 Å². The van der Waals surface area contributed by atoms with Gasteiger partial charge in [-0.25, -0.2) is 19.7 Å². The molecule has 9 nitrogen and oxygen atoms in total. The Morgan fingerprint density at radius 1 is 1.18 bits per heavy atom. The summed E-state index contributed by atoms with van der Waals surface area (Å²) in [7, 11) is 0. The van der Waals surface area contributed by atoms with Gasteiger partial charge in [-0.2, -0.15) is 10.5 Å². The van der Waals surface area contributed by atoms with Gasteiger partial charge in [0.15, 0.2) is 0 Å². The van der Waals surface area contributed by atoms with Gasteiger partial charge in [-0.05, 0) is 60.2 Å². The predicted octanol–water partition coefficient (Wildman–Crippen LogP) is 4.84. The maximum atomic E-state index is 12.8. The molecule has 9 heteroatoms. The first-order chi connectivity index (χ1) is 16.6. The highest BCUT2D eigenvalue weighted by Crippen LogP contribution is 2.47. The number of hydrogen-bond donors (Lipinski definition) is 2. The number of carbonyl (C=O) groups excluding carboxylic acids is 1. The molecule has 0 unspecified atom stereocenters. The lowest BCUT2D eigenvalue weighted by molar-refractivity contribution is 0.213. The number of amides is 1. The molecule has 1 aliphatic carbocycles. The highest BCUT2D eigenvalue weighted by Gasteiger charge is 2.30. The molecule has 0 bridgehead atoms. The number of benzene rings is 1. The Morgan fingerprint density at radius 2 is 2.06 bits per heavy atom. The third-order valence-electron chi connectivity index (χ3n) is 5.60. The summed E-state index contributed by atoms with van der Waals surface area (Å²) >= 11 is 0. The van der Waals surface area contributed by atoms with Crippen molar-refractivity contribution in [1.29, 1.82) is 10.5 Å². The summed E-state index contributed by atoms with van der Waals surface area (Å²) < 4.78 is 5.72. The first kappa shape index (κ1) is 21.1. The van der Waals surface area contributed by atoms with E-state index < -0.39 is 6.09 Å². The monoisotopic (exact) mass is 449 g/mol. The molecule has 34 heavy (non-hydrogen) atoms. The Bertz CT molecular complexity index is 1470. The van der Waals surface area contributed by atoms with E-state index in [4.69, 9.17) is 15.3 Å². The van der Waals surface area contributed by atoms with Gasteiger partial charge >= 0.3 is 6.09 Å². The fourth-order valence-corrected chi connectivity index (χ4v) is 3.86. The molecule has 1 aliphatic rings. The number of carbonyl (C=O) groups is 1. The largest absolute Gasteiger partial charge is 0.419 e. The van der Waals surface area contributed by atoms with Crippen LogP contribution in [0.5, 0.6) is 5.88 Å². The van der Waals surface area contributed by atoms with Crippen LogP contribution in [0.3, 0.4) is 0 Å². The van der Waals surface area contributed by atoms with Crippen LogP contribution in [0, 0.1) is 22.7 Å². The number of H-pyrrole nitrogens is 1. The molecule has 0 radical (unpaired) electrons. The number of aryl methyl sites for hydroxylation is 1. The number of fused-ring (bicyclic) bond motifs is 1. The maximum Gasteiger partial charge on any atom is 0.419 e. The van der Waals surface area contributed by atoms with Gasteiger partial charge < -0.3 is 9.72 Å². The maximum absolute atomic E-state index is 12.8. The molecular formula is C25H19N7O2. The SMILES string of the molecule is N#CCCc1cc(C2CC2)c(-c2ccc3nc[nH]c3c2)c(OC(=O)Nc2cc(C#N)ccn2)n1. The Kier molecular flexibility index (Phi) is 5.59. The summed E-state index contributed by atoms with van der Waals surface area (Å²) in [6.45, 7) is 0. The molecule has 0 spiro atoms. The summed E-state index contributed by atoms with van der Waals surface area (Å²) in [5.74, 6) is 0.716. The van der Waals surface area contributed by atoms with Crippen LogP contribution < -0.4 is 10.1 Å². The minimum absolute atomic E-state index is 0.171. The van der Waals surface area contributed by atoms with Crippen molar-refractivity contribution in [3.63, 3.8) is 0 Å². The highest BCUT2D eigenvalue weighted by molar-refractivity contribution is 5.89. The predicted molar refractivity (Wildman–Crippen MR) is 124 cm³/mol. The molecule has 0 saturated heterocycles. The molecule has 166 valence electrons. The molecule has 0 atom stereocenters. The first-order valence-electron chi connectivity index (χ1n) is 10.8. The van der Waals surface area contributed by atoms with Crippen LogP contribution in [0.25, 0.3) is 22.2 Å². The number of nitrogens with zero attached hydrogens (tertiary/aromatic N) is 5. The van der Waals surface area contributed by atoms with Gasteiger partial charge in [0.25, 0.3) is 0 Å². The number of aromatic amines is 1. The van der Waals surface area contributed by atoms with Crippen LogP contribution in [-0.2, 0) is 6.42 Å². The van der Waals surface area contributed by atoms with Crippen LogP contribution in [0.2, 0.25) is 0 Å². The van der Waals surface area contributed by atoms with E-state index >= 15 is 0 Å². The van der Waals surface area contributed by atoms with E-state index in [1.165, 1.54) is 12.3 Å². The van der Waals surface area contributed by atoms with E-state index in [2.05, 4.69) is 31.3 Å². The topological polar surface area (TPSA) is 140 Å². The molecule has 5 rings (SSSR count). The lowest BCUT2D eigenvalue weighted by atomic mass is 9.96. The van der Waals surface area contributed by atoms with Gasteiger partial charge in [-0.15, -0.1) is 0 Å². The Morgan fingerprint density at radius 3 is 2.85 bits per heavy atom. The second kappa shape index (κ2) is 9.00. The van der Waals surface area contributed by atoms with Gasteiger partial charge in [0.1, 0.15) is 5.82 Å². The normalized spacial score (nSPS) is 12.6. The Labute approximate surface area is 195 Å². The molecule has 1 fully saturated rings. The average molecular weight is 449 g/mol. The summed E-state index contributed by atoms with van der Waals surface area (Å²) in [6, 6.07) is 15.0. The number of pyridine rings is 2. The molecule has 1 aromatic carbocycles. The number of nitrogens with one attached hydrogen (secondary N) is 2. The van der Waals surface area contributed by atoms with Crippen LogP contribution >= 0.6 is 0 Å². The van der Waals surface area contributed by atoms with Crippen molar-refractivity contribution in [2.75, 3.05) is 5.32 Å². The number of aromatic nitrogens is 4. The van der Waals surface area contributed by atoms with Crippen LogP contribution in [0.1, 0.15) is 42.0 Å². The molecule has 3 aromatic heterocycles. The van der Waals surface area contributed by atoms with Gasteiger partial charge in [0, 0.05) is 30.3 Å². The standard InChI is InChI=1S/C25H19N7O2/c26-8-1-2-18-12-19(16-3-4-16)23(17-5-6-20-21(11-17)30-14-29-20)24(31-18)34-25(33)32-22-10-15(13-27)7-9-28-22/h5-7,9-12,14,16H,1-4H2,(H,29,30)(H,28,32,33). The van der Waals surface area contributed by atoms with E-state index in [1.54, 1.807) is 12.4 Å². The van der Waals surface area contributed by atoms with Crippen molar-refractivity contribution >= 4 is 22.9 Å². The van der Waals surface area contributed by atoms with Gasteiger partial charge in [0.05, 0.1) is 35.1 Å². The number of rotatable bonds is 6. The van der Waals surface area contributed by atoms with Crippen LogP contribution in [0.4, 0.5) is 10.6 Å². The lowest BCUT2D eigenvalue weighted by Gasteiger charge is -2.16. The van der Waals surface area contributed by atoms with Gasteiger partial charge in [0.2, 0.25) is 5.88 Å². The van der Waals surface area contributed by atoms with Crippen LogP contribution in [-0.4, -0.2) is 26.0 Å². The highest BCUT2D eigenvalue weighted by atomic mass is 16.6. The quantitative estimate of drug-likeness (QED) is 0.429. The van der Waals surface area contributed by atoms with Crippen molar-refractivity contribution in [1.82, 2.24) is 19.9 Å². The van der Waals surface area contributed by atoms with Crippen molar-refractivity contribution in [3.8, 4) is 29.1 Å². The van der Waals surface area contributed by atoms with Crippen molar-refractivity contribution in [2.45, 2.75) is 31.6 Å². The second-order valence-corrected chi connectivity index (χ2v) is 8.01.